The first kappa shape index (κ1) is 11.1. The van der Waals surface area contributed by atoms with E-state index in [9.17, 15) is 4.79 Å². The molecule has 1 amide bonds. The lowest BCUT2D eigenvalue weighted by Gasteiger charge is -2.31. The summed E-state index contributed by atoms with van der Waals surface area (Å²) in [7, 11) is 0. The second-order valence-electron chi connectivity index (χ2n) is 4.53. The van der Waals surface area contributed by atoms with Crippen molar-refractivity contribution in [2.45, 2.75) is 39.9 Å². The third-order valence-corrected chi connectivity index (χ3v) is 3.19. The van der Waals surface area contributed by atoms with Gasteiger partial charge in [0.25, 0.3) is 5.91 Å². The average Bonchev–Trinajstić information content (AvgIpc) is 2.56. The lowest BCUT2D eigenvalue weighted by molar-refractivity contribution is 0.0990. The van der Waals surface area contributed by atoms with E-state index >= 15 is 0 Å². The quantitative estimate of drug-likeness (QED) is 0.793. The van der Waals surface area contributed by atoms with E-state index in [-0.39, 0.29) is 0 Å². The molecule has 5 nitrogen and oxygen atoms in total. The van der Waals surface area contributed by atoms with Gasteiger partial charge in [-0.3, -0.25) is 9.69 Å². The fourth-order valence-corrected chi connectivity index (χ4v) is 2.20. The molecule has 0 bridgehead atoms. The molecule has 0 spiro atoms. The molecule has 0 fully saturated rings. The highest BCUT2D eigenvalue weighted by Crippen LogP contribution is 2.20. The molecule has 5 heteroatoms. The molecular weight excluding hydrogens is 204 g/mol. The molecule has 1 aromatic rings. The Morgan fingerprint density at radius 3 is 2.69 bits per heavy atom. The molecule has 0 atom stereocenters. The van der Waals surface area contributed by atoms with Crippen molar-refractivity contribution < 1.29 is 4.79 Å². The number of nitrogens with zero attached hydrogens (tertiary/aromatic N) is 3. The van der Waals surface area contributed by atoms with Crippen molar-refractivity contribution in [1.82, 2.24) is 14.5 Å². The second-order valence-corrected chi connectivity index (χ2v) is 4.53. The fourth-order valence-electron chi connectivity index (χ4n) is 2.20. The van der Waals surface area contributed by atoms with Gasteiger partial charge in [0.2, 0.25) is 0 Å². The molecule has 1 aromatic heterocycles. The van der Waals surface area contributed by atoms with Crippen LogP contribution in [0.15, 0.2) is 0 Å². The summed E-state index contributed by atoms with van der Waals surface area (Å²) >= 11 is 0. The van der Waals surface area contributed by atoms with E-state index in [1.54, 1.807) is 0 Å². The van der Waals surface area contributed by atoms with Crippen molar-refractivity contribution in [1.29, 1.82) is 0 Å². The van der Waals surface area contributed by atoms with Gasteiger partial charge in [0, 0.05) is 25.7 Å². The molecule has 2 heterocycles. The van der Waals surface area contributed by atoms with Crippen molar-refractivity contribution >= 4 is 5.91 Å². The van der Waals surface area contributed by atoms with Gasteiger partial charge in [-0.2, -0.15) is 0 Å². The highest BCUT2D eigenvalue weighted by molar-refractivity contribution is 5.92. The average molecular weight is 222 g/mol. The Kier molecular flexibility index (Phi) is 2.71. The van der Waals surface area contributed by atoms with Crippen LogP contribution in [0.1, 0.15) is 35.9 Å². The highest BCUT2D eigenvalue weighted by atomic mass is 16.1. The minimum Gasteiger partial charge on any atom is -0.364 e. The molecule has 0 saturated carbocycles. The van der Waals surface area contributed by atoms with Gasteiger partial charge in [0.05, 0.1) is 5.69 Å². The molecule has 0 aliphatic carbocycles. The zero-order valence-electron chi connectivity index (χ0n) is 10.0. The Hall–Kier alpha value is -1.36. The molecule has 16 heavy (non-hydrogen) atoms. The fraction of sp³-hybridized carbons (Fsp3) is 0.636. The van der Waals surface area contributed by atoms with Gasteiger partial charge in [0.1, 0.15) is 5.82 Å². The number of aryl methyl sites for hydroxylation is 1. The Bertz CT molecular complexity index is 422. The number of aromatic nitrogens is 2. The number of hydrogen-bond acceptors (Lipinski definition) is 3. The van der Waals surface area contributed by atoms with E-state index in [0.717, 1.165) is 31.2 Å². The molecule has 1 aliphatic heterocycles. The minimum absolute atomic E-state index is 0.428. The largest absolute Gasteiger partial charge is 0.364 e. The van der Waals surface area contributed by atoms with Gasteiger partial charge in [-0.25, -0.2) is 4.98 Å². The first-order valence-electron chi connectivity index (χ1n) is 5.60. The molecule has 2 rings (SSSR count). The summed E-state index contributed by atoms with van der Waals surface area (Å²) in [5.74, 6) is 0.453. The zero-order valence-corrected chi connectivity index (χ0v) is 10.0. The molecule has 0 aromatic carbocycles. The van der Waals surface area contributed by atoms with Crippen molar-refractivity contribution in [3.63, 3.8) is 0 Å². The van der Waals surface area contributed by atoms with Gasteiger partial charge in [-0.1, -0.05) is 0 Å². The van der Waals surface area contributed by atoms with Crippen molar-refractivity contribution in [2.24, 2.45) is 5.73 Å². The van der Waals surface area contributed by atoms with Gasteiger partial charge in [0.15, 0.2) is 5.69 Å². The van der Waals surface area contributed by atoms with E-state index in [4.69, 9.17) is 5.73 Å². The van der Waals surface area contributed by atoms with Crippen LogP contribution in [0.5, 0.6) is 0 Å². The van der Waals surface area contributed by atoms with Crippen LogP contribution in [0, 0.1) is 6.92 Å². The molecule has 0 unspecified atom stereocenters. The first-order chi connectivity index (χ1) is 7.50. The third-order valence-electron chi connectivity index (χ3n) is 3.19. The standard InChI is InChI=1S/C11H18N4O/c1-7(2)14-4-5-15-8(3)13-10(11(12)16)9(15)6-14/h7H,4-6H2,1-3H3,(H2,12,16). The van der Waals surface area contributed by atoms with E-state index in [2.05, 4.69) is 28.3 Å². The number of imidazole rings is 1. The summed E-state index contributed by atoms with van der Waals surface area (Å²) in [6, 6.07) is 0.477. The third kappa shape index (κ3) is 1.71. The lowest BCUT2D eigenvalue weighted by Crippen LogP contribution is -2.39. The summed E-state index contributed by atoms with van der Waals surface area (Å²) in [5, 5.41) is 0. The zero-order chi connectivity index (χ0) is 11.9. The predicted molar refractivity (Wildman–Crippen MR) is 61.0 cm³/mol. The summed E-state index contributed by atoms with van der Waals surface area (Å²) in [5.41, 5.74) is 6.74. The van der Waals surface area contributed by atoms with Crippen LogP contribution in [0.3, 0.4) is 0 Å². The number of nitrogens with two attached hydrogens (primary N) is 1. The maximum absolute atomic E-state index is 11.3. The maximum atomic E-state index is 11.3. The van der Waals surface area contributed by atoms with Gasteiger partial charge in [-0.15, -0.1) is 0 Å². The Balaban J connectivity index is 2.39. The Labute approximate surface area is 95.2 Å². The number of carbonyl (C=O) groups is 1. The SMILES string of the molecule is Cc1nc(C(N)=O)c2n1CCN(C(C)C)C2. The molecule has 0 saturated heterocycles. The van der Waals surface area contributed by atoms with Gasteiger partial charge >= 0.3 is 0 Å². The molecule has 1 aliphatic rings. The van der Waals surface area contributed by atoms with Crippen LogP contribution in [-0.4, -0.2) is 32.9 Å². The van der Waals surface area contributed by atoms with E-state index in [1.165, 1.54) is 0 Å². The number of fused-ring (bicyclic) bond motifs is 1. The maximum Gasteiger partial charge on any atom is 0.269 e. The summed E-state index contributed by atoms with van der Waals surface area (Å²) < 4.78 is 2.10. The normalized spacial score (nSPS) is 16.5. The highest BCUT2D eigenvalue weighted by Gasteiger charge is 2.25. The molecule has 2 N–H and O–H groups in total. The monoisotopic (exact) mass is 222 g/mol. The number of carbonyl (C=O) groups excluding carboxylic acids is 1. The number of rotatable bonds is 2. The number of amides is 1. The summed E-state index contributed by atoms with van der Waals surface area (Å²) in [6.45, 7) is 8.88. The van der Waals surface area contributed by atoms with Crippen LogP contribution >= 0.6 is 0 Å². The number of hydrogen-bond donors (Lipinski definition) is 1. The smallest absolute Gasteiger partial charge is 0.269 e. The van der Waals surface area contributed by atoms with Crippen LogP contribution < -0.4 is 5.73 Å². The Morgan fingerprint density at radius 1 is 1.44 bits per heavy atom. The van der Waals surface area contributed by atoms with Crippen molar-refractivity contribution in [3.05, 3.63) is 17.2 Å². The topological polar surface area (TPSA) is 64.1 Å². The predicted octanol–water partition coefficient (Wildman–Crippen LogP) is 0.514. The van der Waals surface area contributed by atoms with Crippen LogP contribution in [-0.2, 0) is 13.1 Å². The van der Waals surface area contributed by atoms with E-state index in [1.807, 2.05) is 6.92 Å². The van der Waals surface area contributed by atoms with Crippen LogP contribution in [0.4, 0.5) is 0 Å². The lowest BCUT2D eigenvalue weighted by atomic mass is 10.2. The minimum atomic E-state index is -0.428. The van der Waals surface area contributed by atoms with Crippen LogP contribution in [0.25, 0.3) is 0 Å². The molecule has 0 radical (unpaired) electrons. The van der Waals surface area contributed by atoms with E-state index in [0.29, 0.717) is 11.7 Å². The summed E-state index contributed by atoms with van der Waals surface area (Å²) in [6.07, 6.45) is 0. The second kappa shape index (κ2) is 3.90. The molecular formula is C11H18N4O. The Morgan fingerprint density at radius 2 is 2.12 bits per heavy atom. The van der Waals surface area contributed by atoms with Gasteiger partial charge in [-0.05, 0) is 20.8 Å². The van der Waals surface area contributed by atoms with Crippen molar-refractivity contribution in [3.8, 4) is 0 Å². The van der Waals surface area contributed by atoms with Crippen molar-refractivity contribution in [2.75, 3.05) is 6.54 Å². The first-order valence-corrected chi connectivity index (χ1v) is 5.60. The van der Waals surface area contributed by atoms with Gasteiger partial charge < -0.3 is 10.3 Å². The molecule has 88 valence electrons. The summed E-state index contributed by atoms with van der Waals surface area (Å²) in [4.78, 5) is 17.9. The number of primary amides is 1. The van der Waals surface area contributed by atoms with E-state index < -0.39 is 5.91 Å². The van der Waals surface area contributed by atoms with Crippen LogP contribution in [0.2, 0.25) is 0 Å².